The predicted molar refractivity (Wildman–Crippen MR) is 98.2 cm³/mol. The van der Waals surface area contributed by atoms with Crippen molar-refractivity contribution in [1.29, 1.82) is 0 Å². The van der Waals surface area contributed by atoms with Gasteiger partial charge in [-0.15, -0.1) is 16.4 Å². The molecule has 25 heavy (non-hydrogen) atoms. The Bertz CT molecular complexity index is 944. The maximum absolute atomic E-state index is 12.3. The van der Waals surface area contributed by atoms with Crippen LogP contribution in [0.2, 0.25) is 0 Å². The van der Waals surface area contributed by atoms with E-state index in [2.05, 4.69) is 27.3 Å². The first-order valence-electron chi connectivity index (χ1n) is 8.61. The number of hydrogen-bond acceptors (Lipinski definition) is 6. The molecule has 3 aromatic heterocycles. The van der Waals surface area contributed by atoms with E-state index in [-0.39, 0.29) is 11.7 Å². The van der Waals surface area contributed by atoms with Gasteiger partial charge in [0.1, 0.15) is 11.2 Å². The Labute approximate surface area is 150 Å². The van der Waals surface area contributed by atoms with Gasteiger partial charge in [-0.1, -0.05) is 6.92 Å². The van der Waals surface area contributed by atoms with E-state index in [0.717, 1.165) is 35.3 Å². The maximum Gasteiger partial charge on any atom is 0.291 e. The zero-order valence-corrected chi connectivity index (χ0v) is 15.6. The highest BCUT2D eigenvalue weighted by Gasteiger charge is 2.24. The topological polar surface area (TPSA) is 75.4 Å². The van der Waals surface area contributed by atoms with Gasteiger partial charge in [0, 0.05) is 18.0 Å². The molecular formula is C17H22N6OS. The van der Waals surface area contributed by atoms with Crippen molar-refractivity contribution in [2.24, 2.45) is 5.92 Å². The molecule has 1 N–H and O–H groups in total. The van der Waals surface area contributed by atoms with Crippen LogP contribution in [0.1, 0.15) is 34.4 Å². The van der Waals surface area contributed by atoms with Gasteiger partial charge in [-0.25, -0.2) is 14.5 Å². The lowest BCUT2D eigenvalue weighted by molar-refractivity contribution is 0.0941. The van der Waals surface area contributed by atoms with E-state index >= 15 is 0 Å². The summed E-state index contributed by atoms with van der Waals surface area (Å²) < 4.78 is 1.63. The monoisotopic (exact) mass is 358 g/mol. The molecular weight excluding hydrogens is 336 g/mol. The van der Waals surface area contributed by atoms with E-state index in [4.69, 9.17) is 0 Å². The number of hydrogen-bond donors (Lipinski definition) is 1. The molecule has 0 bridgehead atoms. The van der Waals surface area contributed by atoms with Gasteiger partial charge < -0.3 is 10.2 Å². The second-order valence-electron chi connectivity index (χ2n) is 7.04. The minimum Gasteiger partial charge on any atom is -0.348 e. The van der Waals surface area contributed by atoms with Crippen LogP contribution in [0.25, 0.3) is 15.9 Å². The van der Waals surface area contributed by atoms with E-state index in [1.54, 1.807) is 22.2 Å². The first-order valence-corrected chi connectivity index (χ1v) is 9.43. The van der Waals surface area contributed by atoms with Crippen molar-refractivity contribution in [3.8, 4) is 0 Å². The Morgan fingerprint density at radius 2 is 2.32 bits per heavy atom. The molecule has 132 valence electrons. The van der Waals surface area contributed by atoms with Crippen LogP contribution in [0.5, 0.6) is 0 Å². The summed E-state index contributed by atoms with van der Waals surface area (Å²) in [6.45, 7) is 3.63. The van der Waals surface area contributed by atoms with Crippen LogP contribution in [-0.4, -0.2) is 57.6 Å². The largest absolute Gasteiger partial charge is 0.348 e. The first-order chi connectivity index (χ1) is 12.0. The number of rotatable bonds is 4. The smallest absolute Gasteiger partial charge is 0.291 e. The van der Waals surface area contributed by atoms with Crippen molar-refractivity contribution in [2.75, 3.05) is 27.2 Å². The lowest BCUT2D eigenvalue weighted by Crippen LogP contribution is -2.31. The van der Waals surface area contributed by atoms with Crippen LogP contribution in [0.15, 0.2) is 6.33 Å². The fraction of sp³-hybridized carbons (Fsp3) is 0.529. The summed E-state index contributed by atoms with van der Waals surface area (Å²) in [5, 5.41) is 8.27. The normalized spacial score (nSPS) is 17.4. The highest BCUT2D eigenvalue weighted by molar-refractivity contribution is 7.19. The van der Waals surface area contributed by atoms with Gasteiger partial charge >= 0.3 is 0 Å². The molecule has 7 nitrogen and oxygen atoms in total. The van der Waals surface area contributed by atoms with Gasteiger partial charge in [-0.05, 0) is 44.8 Å². The van der Waals surface area contributed by atoms with Crippen molar-refractivity contribution in [2.45, 2.75) is 26.2 Å². The number of aromatic nitrogens is 4. The molecule has 0 aliphatic heterocycles. The summed E-state index contributed by atoms with van der Waals surface area (Å²) in [7, 11) is 3.94. The average molecular weight is 358 g/mol. The van der Waals surface area contributed by atoms with Crippen LogP contribution in [0.4, 0.5) is 0 Å². The number of fused-ring (bicyclic) bond motifs is 5. The second-order valence-corrected chi connectivity index (χ2v) is 8.12. The van der Waals surface area contributed by atoms with Crippen molar-refractivity contribution in [3.63, 3.8) is 0 Å². The van der Waals surface area contributed by atoms with Gasteiger partial charge in [0.15, 0.2) is 5.65 Å². The Kier molecular flexibility index (Phi) is 4.16. The minimum absolute atomic E-state index is 0.205. The summed E-state index contributed by atoms with van der Waals surface area (Å²) >= 11 is 1.75. The highest BCUT2D eigenvalue weighted by Crippen LogP contribution is 2.38. The third-order valence-electron chi connectivity index (χ3n) is 4.68. The molecule has 1 aliphatic carbocycles. The molecule has 0 saturated carbocycles. The maximum atomic E-state index is 12.3. The minimum atomic E-state index is -0.240. The van der Waals surface area contributed by atoms with E-state index in [9.17, 15) is 4.79 Å². The highest BCUT2D eigenvalue weighted by atomic mass is 32.1. The number of carbonyl (C=O) groups is 1. The van der Waals surface area contributed by atoms with Gasteiger partial charge in [-0.2, -0.15) is 0 Å². The van der Waals surface area contributed by atoms with Gasteiger partial charge in [-0.3, -0.25) is 4.79 Å². The Hall–Kier alpha value is -2.06. The number of aryl methyl sites for hydroxylation is 1. The first kappa shape index (κ1) is 16.4. The molecule has 0 aromatic carbocycles. The third kappa shape index (κ3) is 3.00. The third-order valence-corrected chi connectivity index (χ3v) is 5.88. The van der Waals surface area contributed by atoms with Crippen LogP contribution in [0.3, 0.4) is 0 Å². The number of amides is 1. The van der Waals surface area contributed by atoms with Crippen molar-refractivity contribution in [1.82, 2.24) is 29.8 Å². The average Bonchev–Trinajstić information content (AvgIpc) is 3.14. The summed E-state index contributed by atoms with van der Waals surface area (Å²) in [6, 6.07) is 0. The zero-order chi connectivity index (χ0) is 17.6. The number of thiophene rings is 1. The second kappa shape index (κ2) is 6.34. The summed E-state index contributed by atoms with van der Waals surface area (Å²) in [6.07, 6.45) is 5.04. The molecule has 1 unspecified atom stereocenters. The van der Waals surface area contributed by atoms with E-state index in [1.807, 2.05) is 19.0 Å². The van der Waals surface area contributed by atoms with Crippen LogP contribution < -0.4 is 5.32 Å². The summed E-state index contributed by atoms with van der Waals surface area (Å²) in [5.74, 6) is 0.635. The molecule has 1 aliphatic rings. The molecule has 3 aromatic rings. The molecule has 8 heteroatoms. The molecule has 0 fully saturated rings. The molecule has 3 heterocycles. The summed E-state index contributed by atoms with van der Waals surface area (Å²) in [4.78, 5) is 25.8. The fourth-order valence-electron chi connectivity index (χ4n) is 3.31. The molecule has 0 radical (unpaired) electrons. The van der Waals surface area contributed by atoms with Crippen molar-refractivity contribution < 1.29 is 4.79 Å². The lowest BCUT2D eigenvalue weighted by atomic mass is 9.89. The molecule has 0 spiro atoms. The number of carbonyl (C=O) groups excluding carboxylic acids is 1. The van der Waals surface area contributed by atoms with Crippen molar-refractivity contribution >= 4 is 33.1 Å². The van der Waals surface area contributed by atoms with Crippen LogP contribution in [-0.2, 0) is 12.8 Å². The Morgan fingerprint density at radius 3 is 3.12 bits per heavy atom. The van der Waals surface area contributed by atoms with Crippen LogP contribution in [0, 0.1) is 5.92 Å². The number of nitrogens with one attached hydrogen (secondary N) is 1. The van der Waals surface area contributed by atoms with E-state index in [1.165, 1.54) is 16.9 Å². The van der Waals surface area contributed by atoms with Crippen LogP contribution >= 0.6 is 11.3 Å². The number of likely N-dealkylation sites (N-methyl/N-ethyl adjacent to an activating group) is 1. The van der Waals surface area contributed by atoms with E-state index < -0.39 is 0 Å². The summed E-state index contributed by atoms with van der Waals surface area (Å²) in [5.41, 5.74) is 2.10. The fourth-order valence-corrected chi connectivity index (χ4v) is 4.49. The van der Waals surface area contributed by atoms with E-state index in [0.29, 0.717) is 12.5 Å². The SMILES string of the molecule is CC1CCc2sc3ncn4nc(C(=O)NCCN(C)C)nc4c3c2C1. The zero-order valence-electron chi connectivity index (χ0n) is 14.7. The van der Waals surface area contributed by atoms with Gasteiger partial charge in [0.2, 0.25) is 5.82 Å². The van der Waals surface area contributed by atoms with Gasteiger partial charge in [0.05, 0.1) is 5.39 Å². The Balaban J connectivity index is 1.71. The molecule has 0 saturated heterocycles. The van der Waals surface area contributed by atoms with Gasteiger partial charge in [0.25, 0.3) is 5.91 Å². The Morgan fingerprint density at radius 1 is 1.48 bits per heavy atom. The molecule has 1 atom stereocenters. The molecule has 1 amide bonds. The standard InChI is InChI=1S/C17H22N6OS/c1-10-4-5-12-11(8-10)13-15-20-14(16(24)18-6-7-22(2)3)21-23(15)9-19-17(13)25-12/h9-10H,4-8H2,1-3H3,(H,18,24). The predicted octanol–water partition coefficient (Wildman–Crippen LogP) is 1.76. The molecule has 4 rings (SSSR count). The lowest BCUT2D eigenvalue weighted by Gasteiger charge is -2.17. The quantitative estimate of drug-likeness (QED) is 0.769. The van der Waals surface area contributed by atoms with Crippen molar-refractivity contribution in [3.05, 3.63) is 22.6 Å². The number of nitrogens with zero attached hydrogens (tertiary/aromatic N) is 5.